The Labute approximate surface area is 128 Å². The van der Waals surface area contributed by atoms with E-state index in [1.54, 1.807) is 18.4 Å². The molecule has 0 aliphatic carbocycles. The summed E-state index contributed by atoms with van der Waals surface area (Å²) in [5.74, 6) is 0.853. The Bertz CT molecular complexity index is 666. The SMILES string of the molecule is COc1ccc(N[C@@H](c2ccccc2)c2nccs2)cc1. The molecule has 3 aromatic rings. The average Bonchev–Trinajstić information content (AvgIpc) is 3.08. The Balaban J connectivity index is 1.89. The van der Waals surface area contributed by atoms with Gasteiger partial charge in [-0.2, -0.15) is 0 Å². The largest absolute Gasteiger partial charge is 0.497 e. The van der Waals surface area contributed by atoms with Crippen LogP contribution in [0.4, 0.5) is 5.69 Å². The number of anilines is 1. The number of methoxy groups -OCH3 is 1. The molecule has 21 heavy (non-hydrogen) atoms. The van der Waals surface area contributed by atoms with Gasteiger partial charge < -0.3 is 10.1 Å². The summed E-state index contributed by atoms with van der Waals surface area (Å²) in [4.78, 5) is 4.45. The molecule has 0 spiro atoms. The predicted octanol–water partition coefficient (Wildman–Crippen LogP) is 4.35. The van der Waals surface area contributed by atoms with Crippen molar-refractivity contribution in [2.24, 2.45) is 0 Å². The molecular formula is C17H16N2OS. The third-order valence-electron chi connectivity index (χ3n) is 3.23. The molecule has 0 aliphatic heterocycles. The van der Waals surface area contributed by atoms with Gasteiger partial charge in [0.1, 0.15) is 16.8 Å². The van der Waals surface area contributed by atoms with E-state index < -0.39 is 0 Å². The second kappa shape index (κ2) is 6.41. The summed E-state index contributed by atoms with van der Waals surface area (Å²) in [7, 11) is 1.67. The number of nitrogens with one attached hydrogen (secondary N) is 1. The molecule has 1 aromatic heterocycles. The van der Waals surface area contributed by atoms with Crippen molar-refractivity contribution in [2.45, 2.75) is 6.04 Å². The highest BCUT2D eigenvalue weighted by atomic mass is 32.1. The maximum Gasteiger partial charge on any atom is 0.119 e. The zero-order chi connectivity index (χ0) is 14.5. The number of thiazole rings is 1. The van der Waals surface area contributed by atoms with Crippen LogP contribution < -0.4 is 10.1 Å². The minimum atomic E-state index is 0.0552. The van der Waals surface area contributed by atoms with Crippen LogP contribution in [-0.2, 0) is 0 Å². The molecule has 0 bridgehead atoms. The summed E-state index contributed by atoms with van der Waals surface area (Å²) in [5, 5.41) is 6.60. The molecule has 1 heterocycles. The van der Waals surface area contributed by atoms with E-state index in [0.29, 0.717) is 0 Å². The lowest BCUT2D eigenvalue weighted by Gasteiger charge is -2.18. The Kier molecular flexibility index (Phi) is 4.17. The lowest BCUT2D eigenvalue weighted by Crippen LogP contribution is -2.11. The van der Waals surface area contributed by atoms with E-state index in [-0.39, 0.29) is 6.04 Å². The second-order valence-electron chi connectivity index (χ2n) is 4.59. The first-order chi connectivity index (χ1) is 10.4. The molecule has 4 heteroatoms. The lowest BCUT2D eigenvalue weighted by atomic mass is 10.1. The molecule has 2 aromatic carbocycles. The van der Waals surface area contributed by atoms with E-state index in [4.69, 9.17) is 4.74 Å². The first kappa shape index (κ1) is 13.6. The highest BCUT2D eigenvalue weighted by Gasteiger charge is 2.16. The van der Waals surface area contributed by atoms with Crippen molar-refractivity contribution in [1.29, 1.82) is 0 Å². The quantitative estimate of drug-likeness (QED) is 0.760. The van der Waals surface area contributed by atoms with Crippen LogP contribution in [0, 0.1) is 0 Å². The van der Waals surface area contributed by atoms with Crippen molar-refractivity contribution in [3.8, 4) is 5.75 Å². The van der Waals surface area contributed by atoms with Crippen LogP contribution >= 0.6 is 11.3 Å². The lowest BCUT2D eigenvalue weighted by molar-refractivity contribution is 0.415. The number of ether oxygens (including phenoxy) is 1. The summed E-state index contributed by atoms with van der Waals surface area (Å²) in [6, 6.07) is 18.3. The number of nitrogens with zero attached hydrogens (tertiary/aromatic N) is 1. The molecule has 106 valence electrons. The normalized spacial score (nSPS) is 11.9. The van der Waals surface area contributed by atoms with Crippen LogP contribution in [0.2, 0.25) is 0 Å². The molecular weight excluding hydrogens is 280 g/mol. The summed E-state index contributed by atoms with van der Waals surface area (Å²) in [6.07, 6.45) is 1.84. The first-order valence-electron chi connectivity index (χ1n) is 6.72. The van der Waals surface area contributed by atoms with Gasteiger partial charge in [-0.1, -0.05) is 30.3 Å². The Morgan fingerprint density at radius 2 is 1.81 bits per heavy atom. The number of benzene rings is 2. The van der Waals surface area contributed by atoms with Gasteiger partial charge in [0.15, 0.2) is 0 Å². The fraction of sp³-hybridized carbons (Fsp3) is 0.118. The zero-order valence-electron chi connectivity index (χ0n) is 11.7. The summed E-state index contributed by atoms with van der Waals surface area (Å²) in [6.45, 7) is 0. The molecule has 3 rings (SSSR count). The van der Waals surface area contributed by atoms with Crippen molar-refractivity contribution >= 4 is 17.0 Å². The monoisotopic (exact) mass is 296 g/mol. The molecule has 0 saturated heterocycles. The third-order valence-corrected chi connectivity index (χ3v) is 4.07. The Hall–Kier alpha value is -2.33. The van der Waals surface area contributed by atoms with Crippen molar-refractivity contribution in [1.82, 2.24) is 4.98 Å². The van der Waals surface area contributed by atoms with Gasteiger partial charge in [0.25, 0.3) is 0 Å². The van der Waals surface area contributed by atoms with E-state index in [2.05, 4.69) is 22.4 Å². The van der Waals surface area contributed by atoms with Gasteiger partial charge in [0.05, 0.1) is 7.11 Å². The number of hydrogen-bond acceptors (Lipinski definition) is 4. The molecule has 1 N–H and O–H groups in total. The van der Waals surface area contributed by atoms with Crippen LogP contribution in [-0.4, -0.2) is 12.1 Å². The van der Waals surface area contributed by atoms with E-state index in [9.17, 15) is 0 Å². The minimum Gasteiger partial charge on any atom is -0.497 e. The van der Waals surface area contributed by atoms with Crippen molar-refractivity contribution in [2.75, 3.05) is 12.4 Å². The molecule has 0 amide bonds. The minimum absolute atomic E-state index is 0.0552. The van der Waals surface area contributed by atoms with E-state index >= 15 is 0 Å². The van der Waals surface area contributed by atoms with E-state index in [1.165, 1.54) is 5.56 Å². The Morgan fingerprint density at radius 3 is 2.43 bits per heavy atom. The highest BCUT2D eigenvalue weighted by molar-refractivity contribution is 7.09. The van der Waals surface area contributed by atoms with Gasteiger partial charge in [-0.05, 0) is 29.8 Å². The zero-order valence-corrected chi connectivity index (χ0v) is 12.5. The summed E-state index contributed by atoms with van der Waals surface area (Å²) in [5.41, 5.74) is 2.24. The molecule has 3 nitrogen and oxygen atoms in total. The predicted molar refractivity (Wildman–Crippen MR) is 87.0 cm³/mol. The topological polar surface area (TPSA) is 34.1 Å². The maximum absolute atomic E-state index is 5.19. The van der Waals surface area contributed by atoms with Crippen LogP contribution in [0.3, 0.4) is 0 Å². The van der Waals surface area contributed by atoms with Crippen LogP contribution in [0.15, 0.2) is 66.2 Å². The van der Waals surface area contributed by atoms with Gasteiger partial charge in [-0.25, -0.2) is 4.98 Å². The number of rotatable bonds is 5. The number of hydrogen-bond donors (Lipinski definition) is 1. The molecule has 0 radical (unpaired) electrons. The fourth-order valence-corrected chi connectivity index (χ4v) is 2.88. The van der Waals surface area contributed by atoms with E-state index in [0.717, 1.165) is 16.4 Å². The van der Waals surface area contributed by atoms with Crippen molar-refractivity contribution in [3.63, 3.8) is 0 Å². The van der Waals surface area contributed by atoms with Gasteiger partial charge in [-0.3, -0.25) is 0 Å². The number of aromatic nitrogens is 1. The smallest absolute Gasteiger partial charge is 0.119 e. The highest BCUT2D eigenvalue weighted by Crippen LogP contribution is 2.28. The van der Waals surface area contributed by atoms with Gasteiger partial charge in [0, 0.05) is 17.3 Å². The van der Waals surface area contributed by atoms with Gasteiger partial charge >= 0.3 is 0 Å². The van der Waals surface area contributed by atoms with E-state index in [1.807, 2.05) is 54.0 Å². The Morgan fingerprint density at radius 1 is 1.05 bits per heavy atom. The van der Waals surface area contributed by atoms with Crippen LogP contribution in [0.25, 0.3) is 0 Å². The van der Waals surface area contributed by atoms with Gasteiger partial charge in [0.2, 0.25) is 0 Å². The summed E-state index contributed by atoms with van der Waals surface area (Å²) < 4.78 is 5.19. The summed E-state index contributed by atoms with van der Waals surface area (Å²) >= 11 is 1.65. The van der Waals surface area contributed by atoms with Gasteiger partial charge in [-0.15, -0.1) is 11.3 Å². The third kappa shape index (κ3) is 3.23. The van der Waals surface area contributed by atoms with Crippen molar-refractivity contribution in [3.05, 3.63) is 76.7 Å². The molecule has 0 fully saturated rings. The maximum atomic E-state index is 5.19. The van der Waals surface area contributed by atoms with Crippen LogP contribution in [0.1, 0.15) is 16.6 Å². The van der Waals surface area contributed by atoms with Crippen LogP contribution in [0.5, 0.6) is 5.75 Å². The van der Waals surface area contributed by atoms with Crippen molar-refractivity contribution < 1.29 is 4.74 Å². The second-order valence-corrected chi connectivity index (χ2v) is 5.51. The molecule has 0 saturated carbocycles. The fourth-order valence-electron chi connectivity index (χ4n) is 2.16. The average molecular weight is 296 g/mol. The molecule has 0 aliphatic rings. The molecule has 1 atom stereocenters. The first-order valence-corrected chi connectivity index (χ1v) is 7.60. The standard InChI is InChI=1S/C17H16N2OS/c1-20-15-9-7-14(8-10-15)19-16(17-18-11-12-21-17)13-5-3-2-4-6-13/h2-12,16,19H,1H3/t16-/m0/s1. The molecule has 0 unspecified atom stereocenters.